The molecular formula is C14H15BrN4. The molecule has 5 heteroatoms. The summed E-state index contributed by atoms with van der Waals surface area (Å²) < 4.78 is 5.25. The van der Waals surface area contributed by atoms with Gasteiger partial charge in [-0.2, -0.15) is 5.10 Å². The molecule has 98 valence electrons. The number of nitrogens with zero attached hydrogens (tertiary/aromatic N) is 4. The molecule has 0 aliphatic rings. The molecule has 2 heterocycles. The molecule has 0 bridgehead atoms. The normalized spacial score (nSPS) is 11.6. The summed E-state index contributed by atoms with van der Waals surface area (Å²) in [5.41, 5.74) is 1.20. The Kier molecular flexibility index (Phi) is 3.14. The minimum atomic E-state index is 0.325. The van der Waals surface area contributed by atoms with Gasteiger partial charge in [0.05, 0.1) is 6.54 Å². The van der Waals surface area contributed by atoms with Gasteiger partial charge < -0.3 is 4.57 Å². The fraction of sp³-hybridized carbons (Fsp3) is 0.286. The lowest BCUT2D eigenvalue weighted by Crippen LogP contribution is -2.11. The van der Waals surface area contributed by atoms with Crippen molar-refractivity contribution >= 4 is 26.8 Å². The summed E-state index contributed by atoms with van der Waals surface area (Å²) in [4.78, 5) is 4.36. The molecule has 0 N–H and O–H groups in total. The fourth-order valence-electron chi connectivity index (χ4n) is 2.27. The van der Waals surface area contributed by atoms with Gasteiger partial charge in [0, 0.05) is 22.2 Å². The molecule has 3 rings (SSSR count). The van der Waals surface area contributed by atoms with Crippen LogP contribution >= 0.6 is 15.9 Å². The summed E-state index contributed by atoms with van der Waals surface area (Å²) in [6, 6.07) is 8.75. The van der Waals surface area contributed by atoms with E-state index in [4.69, 9.17) is 0 Å². The van der Waals surface area contributed by atoms with Crippen molar-refractivity contribution in [3.63, 3.8) is 0 Å². The van der Waals surface area contributed by atoms with Crippen LogP contribution in [-0.2, 0) is 6.54 Å². The Labute approximate surface area is 120 Å². The third-order valence-corrected chi connectivity index (χ3v) is 3.68. The lowest BCUT2D eigenvalue weighted by Gasteiger charge is -2.10. The Morgan fingerprint density at radius 2 is 2.11 bits per heavy atom. The van der Waals surface area contributed by atoms with E-state index >= 15 is 0 Å². The maximum absolute atomic E-state index is 4.36. The topological polar surface area (TPSA) is 35.6 Å². The number of hydrogen-bond donors (Lipinski definition) is 0. The van der Waals surface area contributed by atoms with Gasteiger partial charge in [-0.15, -0.1) is 0 Å². The maximum atomic E-state index is 4.36. The predicted molar refractivity (Wildman–Crippen MR) is 79.1 cm³/mol. The van der Waals surface area contributed by atoms with E-state index in [9.17, 15) is 0 Å². The summed E-state index contributed by atoms with van der Waals surface area (Å²) >= 11 is 3.52. The molecule has 3 aromatic rings. The number of benzene rings is 1. The van der Waals surface area contributed by atoms with E-state index in [0.717, 1.165) is 16.8 Å². The lowest BCUT2D eigenvalue weighted by molar-refractivity contribution is 0.498. The first-order chi connectivity index (χ1) is 9.15. The Balaban J connectivity index is 2.01. The summed E-state index contributed by atoms with van der Waals surface area (Å²) in [6.07, 6.45) is 3.72. The van der Waals surface area contributed by atoms with Gasteiger partial charge in [0.2, 0.25) is 0 Å². The highest BCUT2D eigenvalue weighted by Gasteiger charge is 2.09. The van der Waals surface area contributed by atoms with E-state index in [1.807, 2.05) is 4.68 Å². The average molecular weight is 319 g/mol. The predicted octanol–water partition coefficient (Wildman–Crippen LogP) is 3.62. The van der Waals surface area contributed by atoms with Gasteiger partial charge in [0.1, 0.15) is 12.2 Å². The van der Waals surface area contributed by atoms with Crippen LogP contribution in [0.5, 0.6) is 0 Å². The number of rotatable bonds is 3. The van der Waals surface area contributed by atoms with Crippen LogP contribution in [0.25, 0.3) is 10.9 Å². The molecule has 0 atom stereocenters. The highest BCUT2D eigenvalue weighted by molar-refractivity contribution is 9.10. The van der Waals surface area contributed by atoms with Gasteiger partial charge in [-0.3, -0.25) is 0 Å². The molecule has 4 nitrogen and oxygen atoms in total. The first-order valence-electron chi connectivity index (χ1n) is 6.28. The molecule has 0 aliphatic heterocycles. The molecule has 0 fully saturated rings. The van der Waals surface area contributed by atoms with Gasteiger partial charge >= 0.3 is 0 Å². The number of hydrogen-bond acceptors (Lipinski definition) is 2. The molecule has 0 amide bonds. The highest BCUT2D eigenvalue weighted by Crippen LogP contribution is 2.21. The van der Waals surface area contributed by atoms with E-state index in [-0.39, 0.29) is 0 Å². The SMILES string of the molecule is CC(C)n1ncnc1Cn1ccc2ccc(Br)cc21. The molecule has 0 unspecified atom stereocenters. The average Bonchev–Trinajstić information content (AvgIpc) is 2.97. The minimum Gasteiger partial charge on any atom is -0.340 e. The monoisotopic (exact) mass is 318 g/mol. The van der Waals surface area contributed by atoms with E-state index < -0.39 is 0 Å². The van der Waals surface area contributed by atoms with Gasteiger partial charge in [0.25, 0.3) is 0 Å². The third kappa shape index (κ3) is 2.30. The van der Waals surface area contributed by atoms with Crippen LogP contribution in [0, 0.1) is 0 Å². The lowest BCUT2D eigenvalue weighted by atomic mass is 10.2. The van der Waals surface area contributed by atoms with Crippen LogP contribution in [0.3, 0.4) is 0 Å². The zero-order valence-electron chi connectivity index (χ0n) is 10.9. The minimum absolute atomic E-state index is 0.325. The van der Waals surface area contributed by atoms with E-state index in [0.29, 0.717) is 6.04 Å². The van der Waals surface area contributed by atoms with Crippen molar-refractivity contribution in [1.29, 1.82) is 0 Å². The molecule has 0 saturated heterocycles. The van der Waals surface area contributed by atoms with Crippen LogP contribution < -0.4 is 0 Å². The molecule has 0 spiro atoms. The second-order valence-electron chi connectivity index (χ2n) is 4.86. The number of halogens is 1. The Hall–Kier alpha value is -1.62. The van der Waals surface area contributed by atoms with E-state index in [1.165, 1.54) is 10.9 Å². The van der Waals surface area contributed by atoms with Gasteiger partial charge in [0.15, 0.2) is 0 Å². The van der Waals surface area contributed by atoms with Crippen molar-refractivity contribution < 1.29 is 0 Å². The Morgan fingerprint density at radius 3 is 2.89 bits per heavy atom. The van der Waals surface area contributed by atoms with Crippen LogP contribution in [0.2, 0.25) is 0 Å². The first kappa shape index (κ1) is 12.4. The highest BCUT2D eigenvalue weighted by atomic mass is 79.9. The molecule has 1 aromatic carbocycles. The van der Waals surface area contributed by atoms with Crippen molar-refractivity contribution in [2.24, 2.45) is 0 Å². The molecular weight excluding hydrogens is 304 g/mol. The van der Waals surface area contributed by atoms with E-state index in [2.05, 4.69) is 74.9 Å². The number of aromatic nitrogens is 4. The van der Waals surface area contributed by atoms with Crippen molar-refractivity contribution in [3.05, 3.63) is 47.1 Å². The molecule has 19 heavy (non-hydrogen) atoms. The molecule has 0 saturated carbocycles. The van der Waals surface area contributed by atoms with Crippen molar-refractivity contribution in [1.82, 2.24) is 19.3 Å². The van der Waals surface area contributed by atoms with Gasteiger partial charge in [-0.1, -0.05) is 22.0 Å². The van der Waals surface area contributed by atoms with Crippen LogP contribution in [-0.4, -0.2) is 19.3 Å². The summed E-state index contributed by atoms with van der Waals surface area (Å²) in [5.74, 6) is 0.979. The summed E-state index contributed by atoms with van der Waals surface area (Å²) in [6.45, 7) is 4.96. The zero-order chi connectivity index (χ0) is 13.4. The van der Waals surface area contributed by atoms with Crippen molar-refractivity contribution in [2.75, 3.05) is 0 Å². The molecule has 0 radical (unpaired) electrons. The largest absolute Gasteiger partial charge is 0.340 e. The Morgan fingerprint density at radius 1 is 1.26 bits per heavy atom. The van der Waals surface area contributed by atoms with Gasteiger partial charge in [-0.25, -0.2) is 9.67 Å². The van der Waals surface area contributed by atoms with Crippen LogP contribution in [0.1, 0.15) is 25.7 Å². The summed E-state index contributed by atoms with van der Waals surface area (Å²) in [7, 11) is 0. The molecule has 0 aliphatic carbocycles. The first-order valence-corrected chi connectivity index (χ1v) is 7.07. The standard InChI is InChI=1S/C14H15BrN4/c1-10(2)19-14(16-9-17-19)8-18-6-5-11-3-4-12(15)7-13(11)18/h3-7,9-10H,8H2,1-2H3. The molecule has 2 aromatic heterocycles. The second kappa shape index (κ2) is 4.81. The summed E-state index contributed by atoms with van der Waals surface area (Å²) in [5, 5.41) is 5.51. The van der Waals surface area contributed by atoms with Crippen LogP contribution in [0.4, 0.5) is 0 Å². The second-order valence-corrected chi connectivity index (χ2v) is 5.78. The van der Waals surface area contributed by atoms with Crippen LogP contribution in [0.15, 0.2) is 41.3 Å². The van der Waals surface area contributed by atoms with Gasteiger partial charge in [-0.05, 0) is 37.4 Å². The zero-order valence-corrected chi connectivity index (χ0v) is 12.5. The number of fused-ring (bicyclic) bond motifs is 1. The van der Waals surface area contributed by atoms with Crippen molar-refractivity contribution in [2.45, 2.75) is 26.4 Å². The van der Waals surface area contributed by atoms with Crippen molar-refractivity contribution in [3.8, 4) is 0 Å². The fourth-order valence-corrected chi connectivity index (χ4v) is 2.61. The Bertz CT molecular complexity index is 711. The smallest absolute Gasteiger partial charge is 0.147 e. The maximum Gasteiger partial charge on any atom is 0.147 e. The van der Waals surface area contributed by atoms with E-state index in [1.54, 1.807) is 6.33 Å². The quantitative estimate of drug-likeness (QED) is 0.739. The third-order valence-electron chi connectivity index (χ3n) is 3.18.